The molecule has 114 valence electrons. The van der Waals surface area contributed by atoms with Crippen molar-refractivity contribution in [3.63, 3.8) is 0 Å². The molecule has 0 spiro atoms. The Morgan fingerprint density at radius 1 is 1.09 bits per heavy atom. The fourth-order valence-corrected chi connectivity index (χ4v) is 2.25. The molecule has 2 aromatic carbocycles. The van der Waals surface area contributed by atoms with Gasteiger partial charge in [0.1, 0.15) is 5.75 Å². The number of aryl methyl sites for hydroxylation is 2. The molecule has 2 rings (SSSR count). The molecule has 0 unspecified atom stereocenters. The van der Waals surface area contributed by atoms with Gasteiger partial charge in [-0.2, -0.15) is 0 Å². The number of anilines is 1. The van der Waals surface area contributed by atoms with E-state index >= 15 is 0 Å². The molecule has 0 aliphatic rings. The van der Waals surface area contributed by atoms with Crippen molar-refractivity contribution < 1.29 is 14.6 Å². The molecule has 2 N–H and O–H groups in total. The first-order chi connectivity index (χ1) is 10.5. The predicted octanol–water partition coefficient (Wildman–Crippen LogP) is 3.85. The molecule has 2 aromatic rings. The molecule has 0 atom stereocenters. The summed E-state index contributed by atoms with van der Waals surface area (Å²) in [4.78, 5) is 11.5. The Morgan fingerprint density at radius 3 is 2.18 bits per heavy atom. The van der Waals surface area contributed by atoms with E-state index in [1.807, 2.05) is 26.0 Å². The topological polar surface area (TPSA) is 58.6 Å². The fourth-order valence-electron chi connectivity index (χ4n) is 2.25. The summed E-state index contributed by atoms with van der Waals surface area (Å²) in [7, 11) is 1.57. The van der Waals surface area contributed by atoms with E-state index in [0.29, 0.717) is 11.3 Å². The average molecular weight is 297 g/mol. The Morgan fingerprint density at radius 2 is 1.68 bits per heavy atom. The van der Waals surface area contributed by atoms with Crippen molar-refractivity contribution in [1.29, 1.82) is 0 Å². The Kier molecular flexibility index (Phi) is 4.84. The number of carboxylic acid groups (broad SMARTS) is 1. The van der Waals surface area contributed by atoms with Crippen LogP contribution < -0.4 is 10.1 Å². The van der Waals surface area contributed by atoms with Crippen molar-refractivity contribution in [2.24, 2.45) is 0 Å². The number of aliphatic carboxylic acids is 1. The zero-order valence-electron chi connectivity index (χ0n) is 12.9. The second-order valence-electron chi connectivity index (χ2n) is 5.11. The first-order valence-corrected chi connectivity index (χ1v) is 6.92. The summed E-state index contributed by atoms with van der Waals surface area (Å²) in [5.41, 5.74) is 3.92. The molecule has 0 aromatic heterocycles. The molecule has 4 nitrogen and oxygen atoms in total. The van der Waals surface area contributed by atoms with E-state index in [4.69, 9.17) is 4.74 Å². The fraction of sp³-hybridized carbons (Fsp3) is 0.167. The van der Waals surface area contributed by atoms with Crippen LogP contribution >= 0.6 is 0 Å². The van der Waals surface area contributed by atoms with Gasteiger partial charge in [0, 0.05) is 11.9 Å². The number of carbonyl (C=O) groups is 1. The standard InChI is InChI=1S/C18H19NO3/c1-12-8-13(2)10-15(9-12)19-11-17(18(20)21)14-4-6-16(22-3)7-5-14/h4-11,19H,1-3H3,(H,20,21)/b17-11-. The molecule has 0 amide bonds. The van der Waals surface area contributed by atoms with Crippen molar-refractivity contribution in [2.75, 3.05) is 12.4 Å². The molecular formula is C18H19NO3. The van der Waals surface area contributed by atoms with Crippen LogP contribution in [0.25, 0.3) is 5.57 Å². The lowest BCUT2D eigenvalue weighted by Gasteiger charge is -2.08. The number of methoxy groups -OCH3 is 1. The van der Waals surface area contributed by atoms with Crippen LogP contribution in [0.3, 0.4) is 0 Å². The van der Waals surface area contributed by atoms with Gasteiger partial charge in [-0.25, -0.2) is 4.79 Å². The van der Waals surface area contributed by atoms with Crippen LogP contribution in [-0.2, 0) is 4.79 Å². The molecule has 4 heteroatoms. The molecule has 0 saturated heterocycles. The van der Waals surface area contributed by atoms with Crippen LogP contribution in [0.1, 0.15) is 16.7 Å². The van der Waals surface area contributed by atoms with E-state index < -0.39 is 5.97 Å². The number of benzene rings is 2. The SMILES string of the molecule is COc1ccc(/C(=C/Nc2cc(C)cc(C)c2)C(=O)O)cc1. The van der Waals surface area contributed by atoms with Gasteiger partial charge >= 0.3 is 5.97 Å². The quantitative estimate of drug-likeness (QED) is 0.823. The highest BCUT2D eigenvalue weighted by atomic mass is 16.5. The van der Waals surface area contributed by atoms with E-state index in [9.17, 15) is 9.90 Å². The van der Waals surface area contributed by atoms with Crippen molar-refractivity contribution in [3.05, 3.63) is 65.4 Å². The van der Waals surface area contributed by atoms with E-state index in [-0.39, 0.29) is 5.57 Å². The highest BCUT2D eigenvalue weighted by molar-refractivity contribution is 6.15. The lowest BCUT2D eigenvalue weighted by atomic mass is 10.1. The van der Waals surface area contributed by atoms with Crippen molar-refractivity contribution in [1.82, 2.24) is 0 Å². The van der Waals surface area contributed by atoms with Crippen LogP contribution in [-0.4, -0.2) is 18.2 Å². The number of rotatable bonds is 5. The van der Waals surface area contributed by atoms with Crippen molar-refractivity contribution >= 4 is 17.2 Å². The van der Waals surface area contributed by atoms with Gasteiger partial charge in [-0.05, 0) is 54.8 Å². The predicted molar refractivity (Wildman–Crippen MR) is 88.1 cm³/mol. The summed E-state index contributed by atoms with van der Waals surface area (Å²) in [6.07, 6.45) is 1.51. The molecule has 0 saturated carbocycles. The third-order valence-corrected chi connectivity index (χ3v) is 3.24. The monoisotopic (exact) mass is 297 g/mol. The van der Waals surface area contributed by atoms with Crippen LogP contribution in [0, 0.1) is 13.8 Å². The van der Waals surface area contributed by atoms with Crippen LogP contribution in [0.4, 0.5) is 5.69 Å². The lowest BCUT2D eigenvalue weighted by molar-refractivity contribution is -0.130. The van der Waals surface area contributed by atoms with Crippen LogP contribution in [0.2, 0.25) is 0 Å². The molecule has 0 fully saturated rings. The maximum absolute atomic E-state index is 11.5. The summed E-state index contributed by atoms with van der Waals surface area (Å²) in [5, 5.41) is 12.5. The van der Waals surface area contributed by atoms with Gasteiger partial charge in [0.05, 0.1) is 12.7 Å². The third kappa shape index (κ3) is 3.88. The number of hydrogen-bond acceptors (Lipinski definition) is 3. The molecule has 22 heavy (non-hydrogen) atoms. The van der Waals surface area contributed by atoms with Crippen molar-refractivity contribution in [2.45, 2.75) is 13.8 Å². The Hall–Kier alpha value is -2.75. The number of carboxylic acids is 1. The second kappa shape index (κ2) is 6.80. The van der Waals surface area contributed by atoms with E-state index in [1.165, 1.54) is 6.20 Å². The zero-order valence-corrected chi connectivity index (χ0v) is 12.9. The van der Waals surface area contributed by atoms with Crippen molar-refractivity contribution in [3.8, 4) is 5.75 Å². The molecule has 0 heterocycles. The summed E-state index contributed by atoms with van der Waals surface area (Å²) >= 11 is 0. The van der Waals surface area contributed by atoms with Gasteiger partial charge in [0.2, 0.25) is 0 Å². The highest BCUT2D eigenvalue weighted by Gasteiger charge is 2.10. The third-order valence-electron chi connectivity index (χ3n) is 3.24. The maximum atomic E-state index is 11.5. The minimum absolute atomic E-state index is 0.196. The molecular weight excluding hydrogens is 278 g/mol. The summed E-state index contributed by atoms with van der Waals surface area (Å²) in [5.74, 6) is -0.294. The minimum Gasteiger partial charge on any atom is -0.497 e. The van der Waals surface area contributed by atoms with Gasteiger partial charge in [0.25, 0.3) is 0 Å². The van der Waals surface area contributed by atoms with Gasteiger partial charge < -0.3 is 15.2 Å². The van der Waals surface area contributed by atoms with E-state index in [1.54, 1.807) is 31.4 Å². The number of nitrogens with one attached hydrogen (secondary N) is 1. The normalized spacial score (nSPS) is 11.1. The van der Waals surface area contributed by atoms with E-state index in [0.717, 1.165) is 16.8 Å². The minimum atomic E-state index is -0.984. The largest absolute Gasteiger partial charge is 0.497 e. The van der Waals surface area contributed by atoms with Crippen LogP contribution in [0.5, 0.6) is 5.75 Å². The zero-order chi connectivity index (χ0) is 16.1. The summed E-state index contributed by atoms with van der Waals surface area (Å²) < 4.78 is 5.08. The number of ether oxygens (including phenoxy) is 1. The smallest absolute Gasteiger partial charge is 0.337 e. The number of hydrogen-bond donors (Lipinski definition) is 2. The Labute approximate surface area is 130 Å². The Bertz CT molecular complexity index is 683. The maximum Gasteiger partial charge on any atom is 0.337 e. The first kappa shape index (κ1) is 15.6. The molecule has 0 aliphatic heterocycles. The van der Waals surface area contributed by atoms with Gasteiger partial charge in [-0.3, -0.25) is 0 Å². The highest BCUT2D eigenvalue weighted by Crippen LogP contribution is 2.20. The van der Waals surface area contributed by atoms with Gasteiger partial charge in [-0.15, -0.1) is 0 Å². The van der Waals surface area contributed by atoms with Gasteiger partial charge in [0.15, 0.2) is 0 Å². The molecule has 0 radical (unpaired) electrons. The average Bonchev–Trinajstić information content (AvgIpc) is 2.47. The molecule has 0 aliphatic carbocycles. The summed E-state index contributed by atoms with van der Waals surface area (Å²) in [6, 6.07) is 12.9. The Balaban J connectivity index is 2.28. The second-order valence-corrected chi connectivity index (χ2v) is 5.11. The first-order valence-electron chi connectivity index (χ1n) is 6.92. The molecule has 0 bridgehead atoms. The lowest BCUT2D eigenvalue weighted by Crippen LogP contribution is -2.03. The van der Waals surface area contributed by atoms with Gasteiger partial charge in [-0.1, -0.05) is 18.2 Å². The summed E-state index contributed by atoms with van der Waals surface area (Å²) in [6.45, 7) is 4.01. The van der Waals surface area contributed by atoms with Crippen LogP contribution in [0.15, 0.2) is 48.7 Å². The van der Waals surface area contributed by atoms with E-state index in [2.05, 4.69) is 11.4 Å².